The van der Waals surface area contributed by atoms with Crippen LogP contribution in [-0.2, 0) is 15.8 Å². The SMILES string of the molecule is O=C(Nc1ccc(C(F)(F)F)cc1)C(=O)NC1CCCCCC1. The molecule has 1 aromatic carbocycles. The minimum atomic E-state index is -4.43. The number of carbonyl (C=O) groups excluding carboxylic acids is 2. The Bertz CT molecular complexity index is 547. The second kappa shape index (κ2) is 7.48. The van der Waals surface area contributed by atoms with Crippen LogP contribution in [0.4, 0.5) is 18.9 Å². The van der Waals surface area contributed by atoms with E-state index in [-0.39, 0.29) is 11.7 Å². The molecule has 0 aliphatic heterocycles. The third-order valence-electron chi connectivity index (χ3n) is 3.87. The molecule has 1 aliphatic carbocycles. The molecule has 0 unspecified atom stereocenters. The predicted octanol–water partition coefficient (Wildman–Crippen LogP) is 3.48. The van der Waals surface area contributed by atoms with E-state index < -0.39 is 23.6 Å². The van der Waals surface area contributed by atoms with Gasteiger partial charge in [0.15, 0.2) is 0 Å². The van der Waals surface area contributed by atoms with E-state index >= 15 is 0 Å². The van der Waals surface area contributed by atoms with E-state index in [1.807, 2.05) is 0 Å². The minimum Gasteiger partial charge on any atom is -0.345 e. The van der Waals surface area contributed by atoms with Crippen LogP contribution in [0, 0.1) is 0 Å². The highest BCUT2D eigenvalue weighted by atomic mass is 19.4. The Hall–Kier alpha value is -2.05. The zero-order valence-corrected chi connectivity index (χ0v) is 12.6. The highest BCUT2D eigenvalue weighted by Crippen LogP contribution is 2.29. The highest BCUT2D eigenvalue weighted by Gasteiger charge is 2.30. The van der Waals surface area contributed by atoms with Crippen LogP contribution in [0.15, 0.2) is 24.3 Å². The zero-order chi connectivity index (χ0) is 16.9. The summed E-state index contributed by atoms with van der Waals surface area (Å²) in [5.41, 5.74) is -0.655. The molecular formula is C16H19F3N2O2. The van der Waals surface area contributed by atoms with E-state index in [0.29, 0.717) is 0 Å². The number of hydrogen-bond donors (Lipinski definition) is 2. The molecule has 1 aromatic rings. The van der Waals surface area contributed by atoms with Crippen molar-refractivity contribution in [3.05, 3.63) is 29.8 Å². The first-order valence-corrected chi connectivity index (χ1v) is 7.65. The fraction of sp³-hybridized carbons (Fsp3) is 0.500. The monoisotopic (exact) mass is 328 g/mol. The molecule has 7 heteroatoms. The Balaban J connectivity index is 1.89. The molecule has 2 amide bonds. The molecule has 0 bridgehead atoms. The van der Waals surface area contributed by atoms with Gasteiger partial charge in [-0.15, -0.1) is 0 Å². The summed E-state index contributed by atoms with van der Waals surface area (Å²) in [4.78, 5) is 23.7. The lowest BCUT2D eigenvalue weighted by Gasteiger charge is -2.16. The summed E-state index contributed by atoms with van der Waals surface area (Å²) in [6.45, 7) is 0. The maximum absolute atomic E-state index is 12.5. The Labute approximate surface area is 132 Å². The molecule has 1 aliphatic rings. The number of anilines is 1. The van der Waals surface area contributed by atoms with Gasteiger partial charge in [0.25, 0.3) is 0 Å². The van der Waals surface area contributed by atoms with Gasteiger partial charge in [0.1, 0.15) is 0 Å². The summed E-state index contributed by atoms with van der Waals surface area (Å²) in [5, 5.41) is 4.99. The van der Waals surface area contributed by atoms with Crippen LogP contribution in [-0.4, -0.2) is 17.9 Å². The average molecular weight is 328 g/mol. The van der Waals surface area contributed by atoms with Crippen LogP contribution in [0.5, 0.6) is 0 Å². The summed E-state index contributed by atoms with van der Waals surface area (Å²) in [5.74, 6) is -1.62. The third kappa shape index (κ3) is 5.26. The molecule has 126 valence electrons. The summed E-state index contributed by atoms with van der Waals surface area (Å²) in [6.07, 6.45) is 1.56. The van der Waals surface area contributed by atoms with Gasteiger partial charge in [0.2, 0.25) is 0 Å². The molecule has 0 saturated heterocycles. The molecule has 1 saturated carbocycles. The average Bonchev–Trinajstić information content (AvgIpc) is 2.75. The van der Waals surface area contributed by atoms with E-state index in [4.69, 9.17) is 0 Å². The smallest absolute Gasteiger partial charge is 0.345 e. The van der Waals surface area contributed by atoms with E-state index in [0.717, 1.165) is 62.8 Å². The maximum Gasteiger partial charge on any atom is 0.416 e. The Kier molecular flexibility index (Phi) is 5.63. The van der Waals surface area contributed by atoms with Crippen LogP contribution < -0.4 is 10.6 Å². The Morgan fingerprint density at radius 1 is 0.913 bits per heavy atom. The molecule has 0 spiro atoms. The van der Waals surface area contributed by atoms with Crippen molar-refractivity contribution in [1.82, 2.24) is 5.32 Å². The second-order valence-corrected chi connectivity index (χ2v) is 5.69. The van der Waals surface area contributed by atoms with Gasteiger partial charge in [-0.05, 0) is 37.1 Å². The van der Waals surface area contributed by atoms with Crippen molar-refractivity contribution in [3.8, 4) is 0 Å². The van der Waals surface area contributed by atoms with Gasteiger partial charge < -0.3 is 10.6 Å². The van der Waals surface area contributed by atoms with E-state index in [1.54, 1.807) is 0 Å². The number of rotatable bonds is 2. The number of alkyl halides is 3. The second-order valence-electron chi connectivity index (χ2n) is 5.69. The number of hydrogen-bond acceptors (Lipinski definition) is 2. The van der Waals surface area contributed by atoms with Gasteiger partial charge in [-0.25, -0.2) is 0 Å². The molecular weight excluding hydrogens is 309 g/mol. The predicted molar refractivity (Wildman–Crippen MR) is 79.7 cm³/mol. The van der Waals surface area contributed by atoms with Crippen molar-refractivity contribution in [3.63, 3.8) is 0 Å². The normalized spacial score (nSPS) is 16.5. The first-order valence-electron chi connectivity index (χ1n) is 7.65. The van der Waals surface area contributed by atoms with Crippen LogP contribution in [0.2, 0.25) is 0 Å². The van der Waals surface area contributed by atoms with Gasteiger partial charge >= 0.3 is 18.0 Å². The highest BCUT2D eigenvalue weighted by molar-refractivity contribution is 6.39. The number of carbonyl (C=O) groups is 2. The maximum atomic E-state index is 12.5. The molecule has 0 radical (unpaired) electrons. The first-order chi connectivity index (χ1) is 10.9. The van der Waals surface area contributed by atoms with Gasteiger partial charge in [-0.1, -0.05) is 25.7 Å². The molecule has 23 heavy (non-hydrogen) atoms. The Morgan fingerprint density at radius 2 is 1.48 bits per heavy atom. The summed E-state index contributed by atoms with van der Waals surface area (Å²) in [7, 11) is 0. The van der Waals surface area contributed by atoms with Crippen LogP contribution in [0.25, 0.3) is 0 Å². The molecule has 0 heterocycles. The fourth-order valence-corrected chi connectivity index (χ4v) is 2.61. The lowest BCUT2D eigenvalue weighted by Crippen LogP contribution is -2.41. The van der Waals surface area contributed by atoms with Crippen molar-refractivity contribution in [2.24, 2.45) is 0 Å². The van der Waals surface area contributed by atoms with Crippen LogP contribution in [0.1, 0.15) is 44.1 Å². The molecule has 0 aromatic heterocycles. The quantitative estimate of drug-likeness (QED) is 0.645. The van der Waals surface area contributed by atoms with E-state index in [2.05, 4.69) is 10.6 Å². The topological polar surface area (TPSA) is 58.2 Å². The van der Waals surface area contributed by atoms with Crippen molar-refractivity contribution >= 4 is 17.5 Å². The lowest BCUT2D eigenvalue weighted by molar-refractivity contribution is -0.137. The van der Waals surface area contributed by atoms with Gasteiger partial charge in [0, 0.05) is 11.7 Å². The Morgan fingerprint density at radius 3 is 2.00 bits per heavy atom. The van der Waals surface area contributed by atoms with E-state index in [9.17, 15) is 22.8 Å². The summed E-state index contributed by atoms with van der Waals surface area (Å²) < 4.78 is 37.4. The number of benzene rings is 1. The lowest BCUT2D eigenvalue weighted by atomic mass is 10.1. The molecule has 2 rings (SSSR count). The van der Waals surface area contributed by atoms with Crippen LogP contribution >= 0.6 is 0 Å². The zero-order valence-electron chi connectivity index (χ0n) is 12.6. The fourth-order valence-electron chi connectivity index (χ4n) is 2.61. The third-order valence-corrected chi connectivity index (χ3v) is 3.87. The van der Waals surface area contributed by atoms with Crippen molar-refractivity contribution in [1.29, 1.82) is 0 Å². The van der Waals surface area contributed by atoms with E-state index in [1.165, 1.54) is 0 Å². The number of nitrogens with one attached hydrogen (secondary N) is 2. The largest absolute Gasteiger partial charge is 0.416 e. The van der Waals surface area contributed by atoms with Crippen molar-refractivity contribution < 1.29 is 22.8 Å². The summed E-state index contributed by atoms with van der Waals surface area (Å²) in [6, 6.07) is 3.96. The van der Waals surface area contributed by atoms with Crippen LogP contribution in [0.3, 0.4) is 0 Å². The minimum absolute atomic E-state index is 0.0108. The van der Waals surface area contributed by atoms with Crippen molar-refractivity contribution in [2.45, 2.75) is 50.7 Å². The molecule has 1 fully saturated rings. The number of amides is 2. The van der Waals surface area contributed by atoms with Gasteiger partial charge in [-0.2, -0.15) is 13.2 Å². The van der Waals surface area contributed by atoms with Crippen molar-refractivity contribution in [2.75, 3.05) is 5.32 Å². The summed E-state index contributed by atoms with van der Waals surface area (Å²) >= 11 is 0. The standard InChI is InChI=1S/C16H19F3N2O2/c17-16(18,19)11-7-9-13(10-8-11)21-15(23)14(22)20-12-5-3-1-2-4-6-12/h7-10,12H,1-6H2,(H,20,22)(H,21,23). The molecule has 2 N–H and O–H groups in total. The molecule has 4 nitrogen and oxygen atoms in total. The van der Waals surface area contributed by atoms with Gasteiger partial charge in [0.05, 0.1) is 5.56 Å². The first kappa shape index (κ1) is 17.3. The van der Waals surface area contributed by atoms with Gasteiger partial charge in [-0.3, -0.25) is 9.59 Å². The number of halogens is 3. The molecule has 0 atom stereocenters.